The largest absolute Gasteiger partial charge is 0.382 e. The monoisotopic (exact) mass is 463 g/mol. The minimum absolute atomic E-state index is 0.0290. The first-order chi connectivity index (χ1) is 14.4. The summed E-state index contributed by atoms with van der Waals surface area (Å²) in [6.07, 6.45) is 5.36. The number of allylic oxidation sites excluding steroid dienone is 2. The first-order valence-corrected chi connectivity index (χ1v) is 12.7. The van der Waals surface area contributed by atoms with Crippen LogP contribution in [-0.4, -0.2) is 81.6 Å². The first kappa shape index (κ1) is 29.3. The second kappa shape index (κ2) is 19.0. The quantitative estimate of drug-likeness (QED) is 0.123. The fourth-order valence-corrected chi connectivity index (χ4v) is 5.14. The van der Waals surface area contributed by atoms with Crippen molar-refractivity contribution in [2.45, 2.75) is 38.4 Å². The van der Waals surface area contributed by atoms with Gasteiger partial charge in [0.1, 0.15) is 0 Å². The standard InChI is InChI=1S/C21H41N3O4S2/c1-7-19(8-2)24(11-12-27-15-16-28-14-13-26-6)18-21(3,4)30-29-17-9-10-20(25)23-22-5/h7-8,22H,1,9-18H2,2-6H3,(H,23,25)/b19-8+. The highest BCUT2D eigenvalue weighted by Crippen LogP contribution is 2.37. The normalized spacial score (nSPS) is 12.1. The Morgan fingerprint density at radius 2 is 1.83 bits per heavy atom. The number of hydrazine groups is 1. The van der Waals surface area contributed by atoms with Crippen molar-refractivity contribution in [3.8, 4) is 0 Å². The van der Waals surface area contributed by atoms with E-state index in [1.165, 1.54) is 0 Å². The van der Waals surface area contributed by atoms with E-state index in [1.54, 1.807) is 14.2 Å². The van der Waals surface area contributed by atoms with Gasteiger partial charge in [0.25, 0.3) is 0 Å². The highest BCUT2D eigenvalue weighted by Gasteiger charge is 2.23. The summed E-state index contributed by atoms with van der Waals surface area (Å²) in [5, 5.41) is 0. The highest BCUT2D eigenvalue weighted by atomic mass is 33.1. The fraction of sp³-hybridized carbons (Fsp3) is 0.762. The van der Waals surface area contributed by atoms with Crippen LogP contribution in [0.15, 0.2) is 24.4 Å². The zero-order chi connectivity index (χ0) is 22.7. The molecular weight excluding hydrogens is 422 g/mol. The van der Waals surface area contributed by atoms with Gasteiger partial charge in [0.2, 0.25) is 5.91 Å². The average molecular weight is 464 g/mol. The molecule has 0 heterocycles. The lowest BCUT2D eigenvalue weighted by Gasteiger charge is -2.34. The Hall–Kier alpha value is -0.710. The van der Waals surface area contributed by atoms with Crippen molar-refractivity contribution >= 4 is 27.5 Å². The summed E-state index contributed by atoms with van der Waals surface area (Å²) in [5.74, 6) is 0.969. The molecule has 0 unspecified atom stereocenters. The van der Waals surface area contributed by atoms with Gasteiger partial charge < -0.3 is 19.1 Å². The van der Waals surface area contributed by atoms with Gasteiger partial charge in [-0.15, -0.1) is 0 Å². The lowest BCUT2D eigenvalue weighted by atomic mass is 10.1. The molecule has 7 nitrogen and oxygen atoms in total. The molecule has 0 fully saturated rings. The van der Waals surface area contributed by atoms with Crippen LogP contribution in [0.1, 0.15) is 33.6 Å². The average Bonchev–Trinajstić information content (AvgIpc) is 2.70. The van der Waals surface area contributed by atoms with Crippen LogP contribution >= 0.6 is 21.6 Å². The van der Waals surface area contributed by atoms with E-state index in [1.807, 2.05) is 34.6 Å². The van der Waals surface area contributed by atoms with E-state index in [4.69, 9.17) is 14.2 Å². The van der Waals surface area contributed by atoms with E-state index in [9.17, 15) is 4.79 Å². The van der Waals surface area contributed by atoms with E-state index in [-0.39, 0.29) is 10.7 Å². The fourth-order valence-electron chi connectivity index (χ4n) is 2.55. The number of methoxy groups -OCH3 is 1. The molecule has 0 aromatic carbocycles. The third-order valence-corrected chi connectivity index (χ3v) is 7.29. The lowest BCUT2D eigenvalue weighted by Crippen LogP contribution is -2.37. The summed E-state index contributed by atoms with van der Waals surface area (Å²) in [6, 6.07) is 0. The van der Waals surface area contributed by atoms with Gasteiger partial charge in [-0.05, 0) is 33.3 Å². The van der Waals surface area contributed by atoms with Crippen molar-refractivity contribution in [1.29, 1.82) is 0 Å². The van der Waals surface area contributed by atoms with Crippen molar-refractivity contribution in [2.75, 3.05) is 66.0 Å². The second-order valence-electron chi connectivity index (χ2n) is 7.12. The van der Waals surface area contributed by atoms with Crippen LogP contribution in [0, 0.1) is 0 Å². The minimum Gasteiger partial charge on any atom is -0.382 e. The van der Waals surface area contributed by atoms with E-state index in [0.717, 1.165) is 31.0 Å². The molecule has 30 heavy (non-hydrogen) atoms. The Bertz CT molecular complexity index is 491. The summed E-state index contributed by atoms with van der Waals surface area (Å²) in [6.45, 7) is 15.1. The maximum atomic E-state index is 11.5. The number of carbonyl (C=O) groups is 1. The van der Waals surface area contributed by atoms with Gasteiger partial charge in [-0.2, -0.15) is 0 Å². The van der Waals surface area contributed by atoms with Crippen molar-refractivity contribution in [1.82, 2.24) is 15.8 Å². The summed E-state index contributed by atoms with van der Waals surface area (Å²) in [7, 11) is 7.03. The maximum Gasteiger partial charge on any atom is 0.234 e. The molecule has 0 saturated carbocycles. The molecule has 0 aromatic rings. The Morgan fingerprint density at radius 3 is 2.43 bits per heavy atom. The zero-order valence-corrected chi connectivity index (χ0v) is 21.0. The Morgan fingerprint density at radius 1 is 1.17 bits per heavy atom. The van der Waals surface area contributed by atoms with Gasteiger partial charge in [-0.1, -0.05) is 34.2 Å². The molecule has 0 aliphatic rings. The molecule has 0 bridgehead atoms. The minimum atomic E-state index is 0.0290. The number of carbonyl (C=O) groups excluding carboxylic acids is 1. The van der Waals surface area contributed by atoms with Crippen LogP contribution < -0.4 is 10.9 Å². The molecule has 0 spiro atoms. The van der Waals surface area contributed by atoms with Crippen LogP contribution in [0.25, 0.3) is 0 Å². The first-order valence-electron chi connectivity index (χ1n) is 10.3. The van der Waals surface area contributed by atoms with Gasteiger partial charge >= 0.3 is 0 Å². The van der Waals surface area contributed by atoms with Crippen molar-refractivity contribution in [2.24, 2.45) is 0 Å². The summed E-state index contributed by atoms with van der Waals surface area (Å²) in [5.41, 5.74) is 6.36. The van der Waals surface area contributed by atoms with Crippen LogP contribution in [-0.2, 0) is 19.0 Å². The van der Waals surface area contributed by atoms with Crippen LogP contribution in [0.5, 0.6) is 0 Å². The van der Waals surface area contributed by atoms with E-state index >= 15 is 0 Å². The van der Waals surface area contributed by atoms with Crippen molar-refractivity contribution in [3.63, 3.8) is 0 Å². The van der Waals surface area contributed by atoms with Crippen LogP contribution in [0.3, 0.4) is 0 Å². The predicted octanol–water partition coefficient (Wildman–Crippen LogP) is 3.25. The molecule has 0 aliphatic heterocycles. The van der Waals surface area contributed by atoms with Crippen molar-refractivity contribution < 1.29 is 19.0 Å². The highest BCUT2D eigenvalue weighted by molar-refractivity contribution is 8.77. The Labute approximate surface area is 191 Å². The number of ether oxygens (including phenoxy) is 3. The molecule has 0 radical (unpaired) electrons. The third-order valence-electron chi connectivity index (χ3n) is 3.93. The van der Waals surface area contributed by atoms with Gasteiger partial charge in [-0.3, -0.25) is 10.2 Å². The number of nitrogens with zero attached hydrogens (tertiary/aromatic N) is 1. The van der Waals surface area contributed by atoms with Crippen LogP contribution in [0.2, 0.25) is 0 Å². The number of rotatable bonds is 20. The van der Waals surface area contributed by atoms with Crippen LogP contribution in [0.4, 0.5) is 0 Å². The summed E-state index contributed by atoms with van der Waals surface area (Å²) >= 11 is 0. The topological polar surface area (TPSA) is 72.1 Å². The van der Waals surface area contributed by atoms with E-state index in [0.29, 0.717) is 39.5 Å². The molecule has 0 aliphatic carbocycles. The lowest BCUT2D eigenvalue weighted by molar-refractivity contribution is -0.121. The summed E-state index contributed by atoms with van der Waals surface area (Å²) < 4.78 is 16.1. The summed E-state index contributed by atoms with van der Waals surface area (Å²) in [4.78, 5) is 13.8. The van der Waals surface area contributed by atoms with Gasteiger partial charge in [0, 0.05) is 49.9 Å². The SMILES string of the molecule is C=C/C(=C\C)N(CCOCCOCCOC)CC(C)(C)SSCCCC(=O)NNC. The maximum absolute atomic E-state index is 11.5. The predicted molar refractivity (Wildman–Crippen MR) is 130 cm³/mol. The molecule has 176 valence electrons. The van der Waals surface area contributed by atoms with E-state index in [2.05, 4.69) is 42.3 Å². The molecule has 2 N–H and O–H groups in total. The van der Waals surface area contributed by atoms with Gasteiger partial charge in [-0.25, -0.2) is 5.43 Å². The second-order valence-corrected chi connectivity index (χ2v) is 10.2. The smallest absolute Gasteiger partial charge is 0.234 e. The Kier molecular flexibility index (Phi) is 18.6. The Balaban J connectivity index is 4.31. The third kappa shape index (κ3) is 16.0. The molecular formula is C21H41N3O4S2. The zero-order valence-electron chi connectivity index (χ0n) is 19.3. The number of amides is 1. The number of nitrogens with one attached hydrogen (secondary N) is 2. The number of hydrogen-bond donors (Lipinski definition) is 2. The van der Waals surface area contributed by atoms with Gasteiger partial charge in [0.15, 0.2) is 0 Å². The molecule has 9 heteroatoms. The van der Waals surface area contributed by atoms with Crippen molar-refractivity contribution in [3.05, 3.63) is 24.4 Å². The molecule has 0 atom stereocenters. The molecule has 0 rings (SSSR count). The van der Waals surface area contributed by atoms with Gasteiger partial charge in [0.05, 0.1) is 33.0 Å². The molecule has 1 amide bonds. The molecule has 0 aromatic heterocycles. The molecule has 0 saturated heterocycles. The van der Waals surface area contributed by atoms with E-state index < -0.39 is 0 Å². The number of hydrogen-bond acceptors (Lipinski definition) is 8.